The van der Waals surface area contributed by atoms with Crippen LogP contribution < -0.4 is 0 Å². The van der Waals surface area contributed by atoms with E-state index in [4.69, 9.17) is 23.2 Å². The molecule has 1 aliphatic carbocycles. The van der Waals surface area contributed by atoms with Gasteiger partial charge in [-0.1, -0.05) is 24.9 Å². The highest BCUT2D eigenvalue weighted by Crippen LogP contribution is 2.53. The van der Waals surface area contributed by atoms with Crippen molar-refractivity contribution in [1.29, 1.82) is 0 Å². The molecule has 0 aliphatic heterocycles. The number of halogens is 2. The first-order valence-electron chi connectivity index (χ1n) is 5.03. The Morgan fingerprint density at radius 3 is 2.79 bits per heavy atom. The van der Waals surface area contributed by atoms with Crippen molar-refractivity contribution in [2.45, 2.75) is 32.1 Å². The highest BCUT2D eigenvalue weighted by Gasteiger charge is 2.41. The molecule has 0 nitrogen and oxygen atoms in total. The predicted molar refractivity (Wildman–Crippen MR) is 64.5 cm³/mol. The van der Waals surface area contributed by atoms with Gasteiger partial charge in [0.05, 0.1) is 9.71 Å². The van der Waals surface area contributed by atoms with Crippen molar-refractivity contribution >= 4 is 34.5 Å². The number of aryl methyl sites for hydroxylation is 1. The van der Waals surface area contributed by atoms with Gasteiger partial charge < -0.3 is 0 Å². The van der Waals surface area contributed by atoms with Gasteiger partial charge in [-0.2, -0.15) is 0 Å². The smallest absolute Gasteiger partial charge is 0.0960 e. The van der Waals surface area contributed by atoms with E-state index in [1.54, 1.807) is 11.3 Å². The zero-order valence-corrected chi connectivity index (χ0v) is 10.7. The fourth-order valence-electron chi connectivity index (χ4n) is 1.93. The average molecular weight is 249 g/mol. The summed E-state index contributed by atoms with van der Waals surface area (Å²) in [7, 11) is 0. The Kier molecular flexibility index (Phi) is 3.11. The van der Waals surface area contributed by atoms with Crippen LogP contribution in [0.1, 0.15) is 35.6 Å². The first kappa shape index (κ1) is 10.8. The number of hydrogen-bond acceptors (Lipinski definition) is 1. The Morgan fingerprint density at radius 2 is 2.36 bits per heavy atom. The molecule has 3 atom stereocenters. The summed E-state index contributed by atoms with van der Waals surface area (Å²) in [6.45, 7) is 4.27. The molecule has 3 unspecified atom stereocenters. The second kappa shape index (κ2) is 4.03. The fraction of sp³-hybridized carbons (Fsp3) is 0.636. The summed E-state index contributed by atoms with van der Waals surface area (Å²) in [5.41, 5.74) is 1.16. The molecule has 0 N–H and O–H groups in total. The molecule has 0 spiro atoms. The van der Waals surface area contributed by atoms with Crippen molar-refractivity contribution < 1.29 is 0 Å². The van der Waals surface area contributed by atoms with Gasteiger partial charge in [0.15, 0.2) is 0 Å². The monoisotopic (exact) mass is 248 g/mol. The van der Waals surface area contributed by atoms with Gasteiger partial charge in [-0.15, -0.1) is 22.9 Å². The zero-order valence-electron chi connectivity index (χ0n) is 8.39. The van der Waals surface area contributed by atoms with Gasteiger partial charge in [0.2, 0.25) is 0 Å². The number of alkyl halides is 1. The van der Waals surface area contributed by atoms with E-state index in [1.807, 2.05) is 6.92 Å². The molecule has 3 heteroatoms. The second-order valence-electron chi connectivity index (χ2n) is 4.08. The van der Waals surface area contributed by atoms with E-state index >= 15 is 0 Å². The van der Waals surface area contributed by atoms with Crippen LogP contribution in [0.2, 0.25) is 4.34 Å². The first-order chi connectivity index (χ1) is 6.63. The molecule has 78 valence electrons. The van der Waals surface area contributed by atoms with Crippen molar-refractivity contribution in [2.75, 3.05) is 0 Å². The van der Waals surface area contributed by atoms with Crippen molar-refractivity contribution in [1.82, 2.24) is 0 Å². The topological polar surface area (TPSA) is 0 Å². The van der Waals surface area contributed by atoms with Crippen LogP contribution in [0.4, 0.5) is 0 Å². The number of thiophene rings is 1. The van der Waals surface area contributed by atoms with E-state index in [9.17, 15) is 0 Å². The third-order valence-corrected chi connectivity index (χ3v) is 5.35. The highest BCUT2D eigenvalue weighted by atomic mass is 35.5. The Labute approximate surface area is 99.2 Å². The van der Waals surface area contributed by atoms with E-state index in [0.29, 0.717) is 5.92 Å². The highest BCUT2D eigenvalue weighted by molar-refractivity contribution is 7.16. The Morgan fingerprint density at radius 1 is 1.64 bits per heavy atom. The third-order valence-electron chi connectivity index (χ3n) is 3.03. The van der Waals surface area contributed by atoms with Crippen LogP contribution >= 0.6 is 34.5 Å². The van der Waals surface area contributed by atoms with Gasteiger partial charge in [-0.05, 0) is 36.8 Å². The zero-order chi connectivity index (χ0) is 10.3. The average Bonchev–Trinajstić information content (AvgIpc) is 2.87. The normalized spacial score (nSPS) is 27.7. The largest absolute Gasteiger partial charge is 0.127 e. The predicted octanol–water partition coefficient (Wildman–Crippen LogP) is 5.04. The summed E-state index contributed by atoms with van der Waals surface area (Å²) in [6, 6.07) is 2.13. The minimum atomic E-state index is 0.191. The molecule has 14 heavy (non-hydrogen) atoms. The maximum absolute atomic E-state index is 6.41. The van der Waals surface area contributed by atoms with Gasteiger partial charge in [0, 0.05) is 4.88 Å². The van der Waals surface area contributed by atoms with Crippen LogP contribution in [0.25, 0.3) is 0 Å². The Hall–Kier alpha value is 0.280. The van der Waals surface area contributed by atoms with Crippen LogP contribution in [0.5, 0.6) is 0 Å². The fourth-order valence-corrected chi connectivity index (χ4v) is 3.71. The lowest BCUT2D eigenvalue weighted by molar-refractivity contribution is 0.667. The Bertz CT molecular complexity index is 313. The quantitative estimate of drug-likeness (QED) is 0.658. The van der Waals surface area contributed by atoms with E-state index < -0.39 is 0 Å². The van der Waals surface area contributed by atoms with Crippen LogP contribution in [0.3, 0.4) is 0 Å². The van der Waals surface area contributed by atoms with Crippen LogP contribution in [0, 0.1) is 18.8 Å². The molecule has 2 rings (SSSR count). The Balaban J connectivity index is 2.08. The van der Waals surface area contributed by atoms with Gasteiger partial charge >= 0.3 is 0 Å². The molecule has 1 aromatic rings. The third kappa shape index (κ3) is 1.95. The van der Waals surface area contributed by atoms with Gasteiger partial charge in [0.25, 0.3) is 0 Å². The summed E-state index contributed by atoms with van der Waals surface area (Å²) in [5.74, 6) is 1.54. The summed E-state index contributed by atoms with van der Waals surface area (Å²) in [5, 5.41) is 0.191. The van der Waals surface area contributed by atoms with Crippen molar-refractivity contribution in [3.8, 4) is 0 Å². The summed E-state index contributed by atoms with van der Waals surface area (Å²) in [6.07, 6.45) is 2.55. The molecule has 1 aromatic heterocycles. The van der Waals surface area contributed by atoms with Crippen LogP contribution in [-0.4, -0.2) is 0 Å². The molecule has 0 radical (unpaired) electrons. The molecule has 0 bridgehead atoms. The number of hydrogen-bond donors (Lipinski definition) is 0. The summed E-state index contributed by atoms with van der Waals surface area (Å²) < 4.78 is 0.888. The molecule has 0 saturated heterocycles. The second-order valence-corrected chi connectivity index (χ2v) is 6.23. The van der Waals surface area contributed by atoms with Crippen molar-refractivity contribution in [3.63, 3.8) is 0 Å². The molecule has 1 saturated carbocycles. The lowest BCUT2D eigenvalue weighted by Gasteiger charge is -2.04. The lowest BCUT2D eigenvalue weighted by atomic mass is 10.1. The standard InChI is InChI=1S/C11H14Cl2S/c1-3-7-5-8(7)10(12)9-4-6(2)11(13)14-9/h4,7-8,10H,3,5H2,1-2H3. The summed E-state index contributed by atoms with van der Waals surface area (Å²) in [4.78, 5) is 1.25. The molecule has 1 fully saturated rings. The van der Waals surface area contributed by atoms with Crippen LogP contribution in [-0.2, 0) is 0 Å². The minimum absolute atomic E-state index is 0.191. The van der Waals surface area contributed by atoms with E-state index in [-0.39, 0.29) is 5.38 Å². The lowest BCUT2D eigenvalue weighted by Crippen LogP contribution is -1.91. The van der Waals surface area contributed by atoms with Gasteiger partial charge in [0.1, 0.15) is 0 Å². The maximum atomic E-state index is 6.41. The SMILES string of the molecule is CCC1CC1C(Cl)c1cc(C)c(Cl)s1. The molecule has 0 aromatic carbocycles. The molecule has 0 amide bonds. The van der Waals surface area contributed by atoms with Gasteiger partial charge in [-0.25, -0.2) is 0 Å². The van der Waals surface area contributed by atoms with E-state index in [2.05, 4.69) is 13.0 Å². The molecular formula is C11H14Cl2S. The minimum Gasteiger partial charge on any atom is -0.127 e. The molecular weight excluding hydrogens is 235 g/mol. The maximum Gasteiger partial charge on any atom is 0.0960 e. The van der Waals surface area contributed by atoms with Crippen molar-refractivity contribution in [3.05, 3.63) is 20.8 Å². The van der Waals surface area contributed by atoms with E-state index in [1.165, 1.54) is 17.7 Å². The van der Waals surface area contributed by atoms with E-state index in [0.717, 1.165) is 15.8 Å². The molecule has 1 heterocycles. The van der Waals surface area contributed by atoms with Crippen LogP contribution in [0.15, 0.2) is 6.07 Å². The summed E-state index contributed by atoms with van der Waals surface area (Å²) >= 11 is 14.1. The van der Waals surface area contributed by atoms with Crippen molar-refractivity contribution in [2.24, 2.45) is 11.8 Å². The first-order valence-corrected chi connectivity index (χ1v) is 6.66. The molecule has 1 aliphatic rings. The van der Waals surface area contributed by atoms with Gasteiger partial charge in [-0.3, -0.25) is 0 Å². The number of rotatable bonds is 3.